The van der Waals surface area contributed by atoms with Gasteiger partial charge in [0.15, 0.2) is 0 Å². The number of ether oxygens (including phenoxy) is 1. The van der Waals surface area contributed by atoms with Crippen LogP contribution in [0.25, 0.3) is 0 Å². The zero-order valence-electron chi connectivity index (χ0n) is 22.5. The van der Waals surface area contributed by atoms with Crippen LogP contribution in [0, 0.1) is 0 Å². The van der Waals surface area contributed by atoms with E-state index in [2.05, 4.69) is 17.6 Å². The smallest absolute Gasteiger partial charge is 0.408 e. The molecule has 0 bridgehead atoms. The second-order valence-corrected chi connectivity index (χ2v) is 10.7. The second-order valence-electron chi connectivity index (χ2n) is 10.7. The minimum atomic E-state index is -0.993. The number of carbonyl (C=O) groups is 3. The third-order valence-corrected chi connectivity index (χ3v) is 6.35. The summed E-state index contributed by atoms with van der Waals surface area (Å²) in [5.74, 6) is -0.740. The van der Waals surface area contributed by atoms with Gasteiger partial charge in [-0.3, -0.25) is 9.59 Å². The molecule has 1 atom stereocenters. The zero-order chi connectivity index (χ0) is 26.6. The van der Waals surface area contributed by atoms with Crippen molar-refractivity contribution in [3.05, 3.63) is 29.8 Å². The number of benzene rings is 1. The molecule has 3 amide bonds. The van der Waals surface area contributed by atoms with Crippen LogP contribution in [0.15, 0.2) is 24.3 Å². The Labute approximate surface area is 216 Å². The molecule has 1 aromatic carbocycles. The van der Waals surface area contributed by atoms with Gasteiger partial charge in [0.25, 0.3) is 0 Å². The number of hydrogen-bond donors (Lipinski definition) is 3. The number of nitrogens with zero attached hydrogens (tertiary/aromatic N) is 1. The zero-order valence-corrected chi connectivity index (χ0v) is 22.5. The van der Waals surface area contributed by atoms with Crippen LogP contribution in [0.3, 0.4) is 0 Å². The predicted octanol–water partition coefficient (Wildman–Crippen LogP) is 5.21. The lowest BCUT2D eigenvalue weighted by Crippen LogP contribution is -2.50. The van der Waals surface area contributed by atoms with Crippen molar-refractivity contribution >= 4 is 17.9 Å². The van der Waals surface area contributed by atoms with Gasteiger partial charge in [-0.1, -0.05) is 70.1 Å². The summed E-state index contributed by atoms with van der Waals surface area (Å²) in [5.41, 5.74) is -0.311. The molecule has 1 unspecified atom stereocenters. The Morgan fingerprint density at radius 3 is 2.36 bits per heavy atom. The molecular weight excluding hydrogens is 458 g/mol. The Balaban J connectivity index is 2.27. The molecule has 0 radical (unpaired) electrons. The van der Waals surface area contributed by atoms with Crippen LogP contribution < -0.4 is 10.6 Å². The van der Waals surface area contributed by atoms with Crippen molar-refractivity contribution in [2.75, 3.05) is 13.1 Å². The lowest BCUT2D eigenvalue weighted by molar-refractivity contribution is -0.140. The first-order valence-corrected chi connectivity index (χ1v) is 13.5. The van der Waals surface area contributed by atoms with Crippen LogP contribution in [0.2, 0.25) is 0 Å². The highest BCUT2D eigenvalue weighted by molar-refractivity contribution is 5.91. The van der Waals surface area contributed by atoms with E-state index in [1.165, 1.54) is 11.0 Å². The Morgan fingerprint density at radius 2 is 1.72 bits per heavy atom. The molecule has 1 aliphatic rings. The third-order valence-electron chi connectivity index (χ3n) is 6.35. The molecule has 202 valence electrons. The Kier molecular flexibility index (Phi) is 12.0. The van der Waals surface area contributed by atoms with Gasteiger partial charge in [0.1, 0.15) is 23.9 Å². The highest BCUT2D eigenvalue weighted by Gasteiger charge is 2.34. The van der Waals surface area contributed by atoms with E-state index >= 15 is 0 Å². The summed E-state index contributed by atoms with van der Waals surface area (Å²) in [4.78, 5) is 40.8. The van der Waals surface area contributed by atoms with Crippen molar-refractivity contribution in [1.29, 1.82) is 0 Å². The van der Waals surface area contributed by atoms with E-state index in [0.717, 1.165) is 64.2 Å². The molecule has 1 aliphatic carbocycles. The van der Waals surface area contributed by atoms with Gasteiger partial charge in [-0.05, 0) is 46.1 Å². The summed E-state index contributed by atoms with van der Waals surface area (Å²) in [7, 11) is 0. The molecule has 8 heteroatoms. The fourth-order valence-electron chi connectivity index (χ4n) is 4.54. The largest absolute Gasteiger partial charge is 0.508 e. The van der Waals surface area contributed by atoms with Gasteiger partial charge in [0.2, 0.25) is 11.8 Å². The number of rotatable bonds is 12. The summed E-state index contributed by atoms with van der Waals surface area (Å²) in [5, 5.41) is 16.3. The first-order chi connectivity index (χ1) is 17.1. The molecular formula is C28H45N3O5. The van der Waals surface area contributed by atoms with Crippen molar-refractivity contribution in [2.24, 2.45) is 0 Å². The van der Waals surface area contributed by atoms with Crippen molar-refractivity contribution < 1.29 is 24.2 Å². The van der Waals surface area contributed by atoms with Crippen LogP contribution >= 0.6 is 0 Å². The van der Waals surface area contributed by atoms with E-state index in [9.17, 15) is 19.5 Å². The Bertz CT molecular complexity index is 846. The highest BCUT2D eigenvalue weighted by atomic mass is 16.6. The SMILES string of the molecule is CCCCCCCN(C(=O)CNC(=O)OC(C)(C)C)C(C(=O)NC1CCCCC1)c1ccccc1O. The first kappa shape index (κ1) is 29.5. The number of carbonyl (C=O) groups excluding carboxylic acids is 3. The minimum Gasteiger partial charge on any atom is -0.508 e. The van der Waals surface area contributed by atoms with Gasteiger partial charge in [0, 0.05) is 18.2 Å². The van der Waals surface area contributed by atoms with Crippen molar-refractivity contribution in [2.45, 2.75) is 110 Å². The van der Waals surface area contributed by atoms with Crippen molar-refractivity contribution in [3.63, 3.8) is 0 Å². The van der Waals surface area contributed by atoms with E-state index in [4.69, 9.17) is 4.74 Å². The summed E-state index contributed by atoms with van der Waals surface area (Å²) in [6.07, 6.45) is 9.31. The number of para-hydroxylation sites is 1. The molecule has 1 saturated carbocycles. The fourth-order valence-corrected chi connectivity index (χ4v) is 4.54. The minimum absolute atomic E-state index is 0.0369. The average molecular weight is 504 g/mol. The summed E-state index contributed by atoms with van der Waals surface area (Å²) in [6.45, 7) is 7.44. The molecule has 8 nitrogen and oxygen atoms in total. The number of alkyl carbamates (subject to hydrolysis) is 1. The lowest BCUT2D eigenvalue weighted by atomic mass is 9.94. The molecule has 0 spiro atoms. The summed E-state index contributed by atoms with van der Waals surface area (Å²) >= 11 is 0. The van der Waals surface area contributed by atoms with Gasteiger partial charge in [0.05, 0.1) is 0 Å². The van der Waals surface area contributed by atoms with Crippen LogP contribution in [-0.2, 0) is 14.3 Å². The van der Waals surface area contributed by atoms with E-state index in [-0.39, 0.29) is 24.2 Å². The first-order valence-electron chi connectivity index (χ1n) is 13.5. The molecule has 36 heavy (non-hydrogen) atoms. The van der Waals surface area contributed by atoms with Gasteiger partial charge in [-0.2, -0.15) is 0 Å². The third kappa shape index (κ3) is 10.1. The molecule has 0 heterocycles. The van der Waals surface area contributed by atoms with Crippen LogP contribution in [-0.4, -0.2) is 52.6 Å². The fraction of sp³-hybridized carbons (Fsp3) is 0.679. The maximum atomic E-state index is 13.6. The molecule has 0 aliphatic heterocycles. The topological polar surface area (TPSA) is 108 Å². The van der Waals surface area contributed by atoms with E-state index in [0.29, 0.717) is 12.1 Å². The van der Waals surface area contributed by atoms with E-state index in [1.807, 2.05) is 0 Å². The predicted molar refractivity (Wildman–Crippen MR) is 141 cm³/mol. The van der Waals surface area contributed by atoms with E-state index < -0.39 is 23.6 Å². The molecule has 1 fully saturated rings. The quantitative estimate of drug-likeness (QED) is 0.340. The maximum absolute atomic E-state index is 13.6. The van der Waals surface area contributed by atoms with Crippen molar-refractivity contribution in [3.8, 4) is 5.75 Å². The maximum Gasteiger partial charge on any atom is 0.408 e. The molecule has 0 saturated heterocycles. The number of nitrogens with one attached hydrogen (secondary N) is 2. The van der Waals surface area contributed by atoms with Gasteiger partial charge in [-0.15, -0.1) is 0 Å². The number of hydrogen-bond acceptors (Lipinski definition) is 5. The normalized spacial score (nSPS) is 15.1. The Hall–Kier alpha value is -2.77. The van der Waals surface area contributed by atoms with Crippen LogP contribution in [0.5, 0.6) is 5.75 Å². The lowest BCUT2D eigenvalue weighted by Gasteiger charge is -2.34. The summed E-state index contributed by atoms with van der Waals surface area (Å²) < 4.78 is 5.27. The van der Waals surface area contributed by atoms with Gasteiger partial charge >= 0.3 is 6.09 Å². The summed E-state index contributed by atoms with van der Waals surface area (Å²) in [6, 6.07) is 5.71. The van der Waals surface area contributed by atoms with Crippen LogP contribution in [0.4, 0.5) is 4.79 Å². The Morgan fingerprint density at radius 1 is 1.06 bits per heavy atom. The molecule has 0 aromatic heterocycles. The number of phenolic OH excluding ortho intramolecular Hbond substituents is 1. The molecule has 2 rings (SSSR count). The standard InChI is InChI=1S/C28H45N3O5/c1-5-6-7-8-14-19-31(24(33)20-29-27(35)36-28(2,3)4)25(22-17-12-13-18-23(22)32)26(34)30-21-15-10-9-11-16-21/h12-13,17-18,21,25,32H,5-11,14-16,19-20H2,1-4H3,(H,29,35)(H,30,34). The number of aromatic hydroxyl groups is 1. The highest BCUT2D eigenvalue weighted by Crippen LogP contribution is 2.30. The monoisotopic (exact) mass is 503 g/mol. The van der Waals surface area contributed by atoms with Crippen LogP contribution in [0.1, 0.15) is 104 Å². The second kappa shape index (κ2) is 14.7. The molecule has 3 N–H and O–H groups in total. The number of amides is 3. The van der Waals surface area contributed by atoms with E-state index in [1.54, 1.807) is 39.0 Å². The van der Waals surface area contributed by atoms with Crippen molar-refractivity contribution in [1.82, 2.24) is 15.5 Å². The number of unbranched alkanes of at least 4 members (excludes halogenated alkanes) is 4. The van der Waals surface area contributed by atoms with Gasteiger partial charge < -0.3 is 25.4 Å². The number of phenols is 1. The van der Waals surface area contributed by atoms with Gasteiger partial charge in [-0.25, -0.2) is 4.79 Å². The molecule has 1 aromatic rings. The average Bonchev–Trinajstić information content (AvgIpc) is 2.82.